The number of rotatable bonds is 7. The Morgan fingerprint density at radius 3 is 1.62 bits per heavy atom. The quantitative estimate of drug-likeness (QED) is 0.310. The Kier molecular flexibility index (Phi) is 7.89. The van der Waals surface area contributed by atoms with Crippen molar-refractivity contribution < 1.29 is 0 Å². The molecule has 2 aromatic rings. The van der Waals surface area contributed by atoms with E-state index in [0.29, 0.717) is 0 Å². The Bertz CT molecular complexity index is 633. The Hall–Kier alpha value is -1.23. The summed E-state index contributed by atoms with van der Waals surface area (Å²) < 4.78 is 1.24. The van der Waals surface area contributed by atoms with Crippen LogP contribution in [0.25, 0.3) is 0 Å². The summed E-state index contributed by atoms with van der Waals surface area (Å²) in [5, 5.41) is 0. The van der Waals surface area contributed by atoms with E-state index >= 15 is 0 Å². The molecule has 0 fully saturated rings. The van der Waals surface area contributed by atoms with Crippen LogP contribution in [0.2, 0.25) is 0 Å². The molecule has 2 rings (SSSR count). The highest BCUT2D eigenvalue weighted by atomic mass is 32.2. The van der Waals surface area contributed by atoms with Gasteiger partial charge in [-0.05, 0) is 45.0 Å². The number of nitrogens with zero attached hydrogens (tertiary/aromatic N) is 1. The molecule has 0 aliphatic carbocycles. The second-order valence-electron chi connectivity index (χ2n) is 5.22. The van der Waals surface area contributed by atoms with Crippen LogP contribution in [-0.4, -0.2) is 23.0 Å². The molecule has 0 atom stereocenters. The minimum absolute atomic E-state index is 0.936. The number of benzene rings is 2. The zero-order valence-corrected chi connectivity index (χ0v) is 16.8. The average molecular weight is 374 g/mol. The van der Waals surface area contributed by atoms with Crippen LogP contribution in [-0.2, 0) is 0 Å². The van der Waals surface area contributed by atoms with Gasteiger partial charge in [0.2, 0.25) is 0 Å². The first-order chi connectivity index (χ1) is 11.7. The van der Waals surface area contributed by atoms with Gasteiger partial charge < -0.3 is 4.90 Å². The first kappa shape index (κ1) is 19.1. The first-order valence-electron chi connectivity index (χ1n) is 8.11. The smallest absolute Gasteiger partial charge is 0.106 e. The topological polar surface area (TPSA) is 3.24 Å². The summed E-state index contributed by atoms with van der Waals surface area (Å²) in [4.78, 5) is 5.65. The first-order valence-corrected chi connectivity index (χ1v) is 10.2. The largest absolute Gasteiger partial charge is 0.363 e. The van der Waals surface area contributed by atoms with Crippen LogP contribution in [0.15, 0.2) is 80.3 Å². The lowest BCUT2D eigenvalue weighted by atomic mass is 10.3. The van der Waals surface area contributed by atoms with E-state index in [1.54, 1.807) is 23.5 Å². The summed E-state index contributed by atoms with van der Waals surface area (Å²) in [6.07, 6.45) is 0. The molecule has 1 nitrogen and oxygen atoms in total. The normalized spacial score (nSPS) is 10.3. The molecule has 0 bridgehead atoms. The third-order valence-corrected chi connectivity index (χ3v) is 6.65. The molecule has 0 saturated heterocycles. The fourth-order valence-corrected chi connectivity index (χ4v) is 4.95. The van der Waals surface area contributed by atoms with Gasteiger partial charge in [-0.15, -0.1) is 0 Å². The summed E-state index contributed by atoms with van der Waals surface area (Å²) in [5.74, 6) is 0. The van der Waals surface area contributed by atoms with E-state index < -0.39 is 0 Å². The van der Waals surface area contributed by atoms with Crippen LogP contribution in [0.4, 0.5) is 0 Å². The van der Waals surface area contributed by atoms with Gasteiger partial charge in [-0.2, -0.15) is 0 Å². The van der Waals surface area contributed by atoms with Gasteiger partial charge in [0.15, 0.2) is 0 Å². The van der Waals surface area contributed by atoms with E-state index in [1.807, 2.05) is 12.1 Å². The summed E-state index contributed by atoms with van der Waals surface area (Å²) in [6.45, 7) is 8.31. The minimum atomic E-state index is 0.936. The standard InChI is InChI=1S/C20H23NS3/c1-4-21(5-2)19(22)16(3)20(23-17-12-8-6-9-13-17)24-18-14-10-7-11-15-18/h6-15H,4-5H2,1-3H3. The van der Waals surface area contributed by atoms with Gasteiger partial charge in [0.1, 0.15) is 4.99 Å². The molecule has 0 unspecified atom stereocenters. The molecule has 126 valence electrons. The highest BCUT2D eigenvalue weighted by Crippen LogP contribution is 2.41. The predicted molar refractivity (Wildman–Crippen MR) is 113 cm³/mol. The van der Waals surface area contributed by atoms with Crippen molar-refractivity contribution >= 4 is 40.7 Å². The van der Waals surface area contributed by atoms with Crippen molar-refractivity contribution in [3.05, 3.63) is 70.5 Å². The summed E-state index contributed by atoms with van der Waals surface area (Å²) in [5.41, 5.74) is 1.18. The monoisotopic (exact) mass is 373 g/mol. The van der Waals surface area contributed by atoms with Crippen molar-refractivity contribution in [3.8, 4) is 0 Å². The third-order valence-electron chi connectivity index (χ3n) is 3.59. The van der Waals surface area contributed by atoms with E-state index in [-0.39, 0.29) is 0 Å². The molecule has 0 radical (unpaired) electrons. The maximum atomic E-state index is 5.75. The fourth-order valence-electron chi connectivity index (χ4n) is 2.20. The Morgan fingerprint density at radius 2 is 1.25 bits per heavy atom. The number of hydrogen-bond donors (Lipinski definition) is 0. The molecule has 0 aliphatic rings. The van der Waals surface area contributed by atoms with Crippen molar-refractivity contribution in [2.24, 2.45) is 0 Å². The van der Waals surface area contributed by atoms with Crippen LogP contribution in [0.3, 0.4) is 0 Å². The highest BCUT2D eigenvalue weighted by Gasteiger charge is 2.14. The summed E-state index contributed by atoms with van der Waals surface area (Å²) in [7, 11) is 0. The molecule has 0 N–H and O–H groups in total. The van der Waals surface area contributed by atoms with E-state index in [9.17, 15) is 0 Å². The van der Waals surface area contributed by atoms with Gasteiger partial charge in [-0.3, -0.25) is 0 Å². The minimum Gasteiger partial charge on any atom is -0.363 e. The number of thioether (sulfide) groups is 2. The lowest BCUT2D eigenvalue weighted by Crippen LogP contribution is -2.29. The van der Waals surface area contributed by atoms with Crippen molar-refractivity contribution in [1.29, 1.82) is 0 Å². The van der Waals surface area contributed by atoms with Crippen LogP contribution >= 0.6 is 35.7 Å². The van der Waals surface area contributed by atoms with Crippen molar-refractivity contribution in [2.45, 2.75) is 30.6 Å². The van der Waals surface area contributed by atoms with E-state index in [4.69, 9.17) is 12.2 Å². The van der Waals surface area contributed by atoms with Gasteiger partial charge in [-0.25, -0.2) is 0 Å². The van der Waals surface area contributed by atoms with Crippen molar-refractivity contribution in [2.75, 3.05) is 13.1 Å². The fraction of sp³-hybridized carbons (Fsp3) is 0.250. The maximum absolute atomic E-state index is 5.75. The van der Waals surface area contributed by atoms with E-state index in [1.165, 1.54) is 19.6 Å². The molecule has 0 heterocycles. The number of thiocarbonyl (C=S) groups is 1. The van der Waals surface area contributed by atoms with Crippen LogP contribution in [0.5, 0.6) is 0 Å². The molecule has 24 heavy (non-hydrogen) atoms. The zero-order chi connectivity index (χ0) is 17.4. The average Bonchev–Trinajstić information content (AvgIpc) is 2.63. The van der Waals surface area contributed by atoms with Crippen LogP contribution in [0, 0.1) is 0 Å². The number of hydrogen-bond acceptors (Lipinski definition) is 3. The van der Waals surface area contributed by atoms with Gasteiger partial charge in [0.25, 0.3) is 0 Å². The Labute approximate surface area is 159 Å². The van der Waals surface area contributed by atoms with Crippen molar-refractivity contribution in [3.63, 3.8) is 0 Å². The van der Waals surface area contributed by atoms with Crippen LogP contribution in [0.1, 0.15) is 20.8 Å². The second kappa shape index (κ2) is 9.92. The highest BCUT2D eigenvalue weighted by molar-refractivity contribution is 8.22. The third kappa shape index (κ3) is 5.40. The van der Waals surface area contributed by atoms with Crippen molar-refractivity contribution in [1.82, 2.24) is 4.90 Å². The molecular weight excluding hydrogens is 350 g/mol. The van der Waals surface area contributed by atoms with E-state index in [2.05, 4.69) is 74.2 Å². The zero-order valence-electron chi connectivity index (χ0n) is 14.4. The molecule has 0 aromatic heterocycles. The maximum Gasteiger partial charge on any atom is 0.106 e. The van der Waals surface area contributed by atoms with E-state index in [0.717, 1.165) is 18.1 Å². The summed E-state index contributed by atoms with van der Waals surface area (Å²) >= 11 is 9.32. The van der Waals surface area contributed by atoms with Gasteiger partial charge in [0.05, 0.1) is 4.24 Å². The van der Waals surface area contributed by atoms with Gasteiger partial charge >= 0.3 is 0 Å². The second-order valence-corrected chi connectivity index (χ2v) is 8.03. The Balaban J connectivity index is 2.33. The van der Waals surface area contributed by atoms with Crippen LogP contribution < -0.4 is 0 Å². The summed E-state index contributed by atoms with van der Waals surface area (Å²) in [6, 6.07) is 21.0. The number of likely N-dealkylation sites (N-methyl/N-ethyl adjacent to an activating group) is 1. The lowest BCUT2D eigenvalue weighted by Gasteiger charge is -2.24. The van der Waals surface area contributed by atoms with Gasteiger partial charge in [0, 0.05) is 28.5 Å². The molecule has 4 heteroatoms. The Morgan fingerprint density at radius 1 is 0.833 bits per heavy atom. The lowest BCUT2D eigenvalue weighted by molar-refractivity contribution is 0.474. The van der Waals surface area contributed by atoms with Gasteiger partial charge in [-0.1, -0.05) is 72.1 Å². The molecule has 0 spiro atoms. The molecule has 0 saturated carbocycles. The molecular formula is C20H23NS3. The predicted octanol–water partition coefficient (Wildman–Crippen LogP) is 6.47. The molecule has 0 aliphatic heterocycles. The SMILES string of the molecule is CCN(CC)C(=S)C(C)=C(Sc1ccccc1)Sc1ccccc1. The molecule has 0 amide bonds. The molecule has 2 aromatic carbocycles.